The number of amides is 1. The molecule has 4 rings (SSSR count). The van der Waals surface area contributed by atoms with E-state index in [1.807, 2.05) is 56.5 Å². The lowest BCUT2D eigenvalue weighted by molar-refractivity contribution is -0.122. The second-order valence-electron chi connectivity index (χ2n) is 6.16. The number of halogens is 1. The zero-order valence-electron chi connectivity index (χ0n) is 15.0. The van der Waals surface area contributed by atoms with E-state index in [2.05, 4.69) is 22.0 Å². The third-order valence-corrected chi connectivity index (χ3v) is 5.96. The second kappa shape index (κ2) is 7.25. The van der Waals surface area contributed by atoms with Crippen LogP contribution in [0.2, 0.25) is 5.02 Å². The van der Waals surface area contributed by atoms with Gasteiger partial charge in [-0.1, -0.05) is 48.0 Å². The molecule has 0 aromatic heterocycles. The van der Waals surface area contributed by atoms with Crippen LogP contribution >= 0.6 is 23.4 Å². The molecule has 0 atom stereocenters. The first-order valence-electron chi connectivity index (χ1n) is 8.68. The first-order chi connectivity index (χ1) is 13.1. The Labute approximate surface area is 167 Å². The number of likely N-dealkylation sites (N-methyl/N-ethyl adjacent to an activating group) is 2. The molecule has 0 spiro atoms. The predicted octanol–water partition coefficient (Wildman–Crippen LogP) is 5.30. The lowest BCUT2D eigenvalue weighted by Gasteiger charge is -2.27. The van der Waals surface area contributed by atoms with Crippen LogP contribution in [0.4, 0.5) is 11.4 Å². The summed E-state index contributed by atoms with van der Waals surface area (Å²) in [5.41, 5.74) is 3.76. The van der Waals surface area contributed by atoms with Gasteiger partial charge in [0.15, 0.2) is 5.17 Å². The molecule has 27 heavy (non-hydrogen) atoms. The van der Waals surface area contributed by atoms with Crippen LogP contribution in [-0.2, 0) is 4.79 Å². The van der Waals surface area contributed by atoms with Crippen molar-refractivity contribution >= 4 is 51.9 Å². The molecule has 0 N–H and O–H groups in total. The van der Waals surface area contributed by atoms with Crippen LogP contribution in [0.3, 0.4) is 0 Å². The van der Waals surface area contributed by atoms with Crippen LogP contribution in [0.1, 0.15) is 12.5 Å². The predicted molar refractivity (Wildman–Crippen MR) is 114 cm³/mol. The van der Waals surface area contributed by atoms with Gasteiger partial charge in [0, 0.05) is 19.3 Å². The van der Waals surface area contributed by atoms with Crippen LogP contribution < -0.4 is 4.90 Å². The normalized spacial score (nSPS) is 20.6. The molecule has 4 nitrogen and oxygen atoms in total. The maximum atomic E-state index is 13.1. The highest BCUT2D eigenvalue weighted by Crippen LogP contribution is 2.40. The molecule has 0 aliphatic carbocycles. The van der Waals surface area contributed by atoms with Crippen LogP contribution in [0.5, 0.6) is 0 Å². The number of carbonyl (C=O) groups excluding carboxylic acids is 1. The Bertz CT molecular complexity index is 1010. The quantitative estimate of drug-likeness (QED) is 0.647. The van der Waals surface area contributed by atoms with Crippen molar-refractivity contribution in [1.29, 1.82) is 0 Å². The highest BCUT2D eigenvalue weighted by molar-refractivity contribution is 8.18. The molecule has 0 radical (unpaired) electrons. The van der Waals surface area contributed by atoms with Crippen molar-refractivity contribution in [2.45, 2.75) is 6.92 Å². The summed E-state index contributed by atoms with van der Waals surface area (Å²) in [5.74, 6) is -0.0285. The monoisotopic (exact) mass is 395 g/mol. The van der Waals surface area contributed by atoms with Gasteiger partial charge in [-0.2, -0.15) is 0 Å². The molecule has 2 aromatic rings. The molecule has 2 aliphatic rings. The SMILES string of the molecule is CCN1C(=O)C(=C2C=Cc3ccccc3N2C)SC1=Nc1ccccc1Cl. The molecule has 1 saturated heterocycles. The van der Waals surface area contributed by atoms with Crippen molar-refractivity contribution in [3.05, 3.63) is 75.8 Å². The summed E-state index contributed by atoms with van der Waals surface area (Å²) in [5, 5.41) is 1.22. The summed E-state index contributed by atoms with van der Waals surface area (Å²) in [6.45, 7) is 2.50. The summed E-state index contributed by atoms with van der Waals surface area (Å²) in [7, 11) is 1.98. The Morgan fingerprint density at radius 3 is 2.59 bits per heavy atom. The minimum absolute atomic E-state index is 0.0285. The number of amidine groups is 1. The fourth-order valence-corrected chi connectivity index (χ4v) is 4.47. The summed E-state index contributed by atoms with van der Waals surface area (Å²) >= 11 is 7.64. The van der Waals surface area contributed by atoms with Gasteiger partial charge in [-0.05, 0) is 48.5 Å². The highest BCUT2D eigenvalue weighted by Gasteiger charge is 2.36. The van der Waals surface area contributed by atoms with Crippen molar-refractivity contribution < 1.29 is 4.79 Å². The minimum Gasteiger partial charge on any atom is -0.343 e. The number of allylic oxidation sites excluding steroid dienone is 1. The molecule has 2 aromatic carbocycles. The molecule has 2 heterocycles. The Morgan fingerprint density at radius 2 is 1.81 bits per heavy atom. The van der Waals surface area contributed by atoms with Gasteiger partial charge >= 0.3 is 0 Å². The third-order valence-electron chi connectivity index (χ3n) is 4.56. The minimum atomic E-state index is -0.0285. The van der Waals surface area contributed by atoms with E-state index in [9.17, 15) is 4.79 Å². The molecule has 1 fully saturated rings. The Kier molecular flexibility index (Phi) is 4.81. The molecule has 136 valence electrons. The van der Waals surface area contributed by atoms with Crippen molar-refractivity contribution in [3.63, 3.8) is 0 Å². The van der Waals surface area contributed by atoms with Gasteiger partial charge < -0.3 is 4.90 Å². The van der Waals surface area contributed by atoms with Crippen molar-refractivity contribution in [3.8, 4) is 0 Å². The lowest BCUT2D eigenvalue weighted by Crippen LogP contribution is -2.30. The van der Waals surface area contributed by atoms with Crippen molar-refractivity contribution in [2.24, 2.45) is 4.99 Å². The third kappa shape index (κ3) is 3.17. The number of nitrogens with zero attached hydrogens (tertiary/aromatic N) is 3. The number of carbonyl (C=O) groups is 1. The van der Waals surface area contributed by atoms with E-state index in [1.165, 1.54) is 11.8 Å². The number of aliphatic imine (C=N–C) groups is 1. The van der Waals surface area contributed by atoms with E-state index in [4.69, 9.17) is 11.6 Å². The first-order valence-corrected chi connectivity index (χ1v) is 9.87. The van der Waals surface area contributed by atoms with Gasteiger partial charge in [-0.25, -0.2) is 4.99 Å². The van der Waals surface area contributed by atoms with Gasteiger partial charge in [0.2, 0.25) is 0 Å². The average molecular weight is 396 g/mol. The molecular weight excluding hydrogens is 378 g/mol. The van der Waals surface area contributed by atoms with Crippen LogP contribution in [0.25, 0.3) is 6.08 Å². The maximum Gasteiger partial charge on any atom is 0.268 e. The Morgan fingerprint density at radius 1 is 1.07 bits per heavy atom. The fraction of sp³-hybridized carbons (Fsp3) is 0.143. The van der Waals surface area contributed by atoms with Gasteiger partial charge in [-0.3, -0.25) is 9.69 Å². The van der Waals surface area contributed by atoms with Gasteiger partial charge in [0.25, 0.3) is 5.91 Å². The van der Waals surface area contributed by atoms with E-state index < -0.39 is 0 Å². The maximum absolute atomic E-state index is 13.1. The lowest BCUT2D eigenvalue weighted by atomic mass is 10.1. The van der Waals surface area contributed by atoms with E-state index in [1.54, 1.807) is 11.0 Å². The number of rotatable bonds is 2. The number of hydrogen-bond acceptors (Lipinski definition) is 4. The smallest absolute Gasteiger partial charge is 0.268 e. The molecule has 2 aliphatic heterocycles. The second-order valence-corrected chi connectivity index (χ2v) is 7.55. The van der Waals surface area contributed by atoms with E-state index in [0.29, 0.717) is 27.3 Å². The topological polar surface area (TPSA) is 35.9 Å². The number of thioether (sulfide) groups is 1. The zero-order chi connectivity index (χ0) is 19.0. The summed E-state index contributed by atoms with van der Waals surface area (Å²) in [6, 6.07) is 15.5. The van der Waals surface area contributed by atoms with E-state index in [0.717, 1.165) is 16.9 Å². The molecule has 0 unspecified atom stereocenters. The number of para-hydroxylation sites is 2. The molecule has 0 saturated carbocycles. The Hall–Kier alpha value is -2.50. The standard InChI is InChI=1S/C21H18ClN3OS/c1-3-25-20(26)19(27-21(25)23-16-10-6-5-9-15(16)22)18-13-12-14-8-4-7-11-17(14)24(18)2/h4-13H,3H2,1-2H3. The fourth-order valence-electron chi connectivity index (χ4n) is 3.14. The molecular formula is C21H18ClN3OS. The Balaban J connectivity index is 1.77. The van der Waals surface area contributed by atoms with Crippen LogP contribution in [-0.4, -0.2) is 29.6 Å². The molecule has 1 amide bonds. The first kappa shape index (κ1) is 17.9. The average Bonchev–Trinajstić information content (AvgIpc) is 2.99. The van der Waals surface area contributed by atoms with Gasteiger partial charge in [-0.15, -0.1) is 0 Å². The summed E-state index contributed by atoms with van der Waals surface area (Å²) in [4.78, 5) is 22.1. The number of fused-ring (bicyclic) bond motifs is 1. The number of benzene rings is 2. The van der Waals surface area contributed by atoms with Gasteiger partial charge in [0.05, 0.1) is 16.4 Å². The van der Waals surface area contributed by atoms with E-state index in [-0.39, 0.29) is 5.91 Å². The number of anilines is 1. The van der Waals surface area contributed by atoms with E-state index >= 15 is 0 Å². The largest absolute Gasteiger partial charge is 0.343 e. The van der Waals surface area contributed by atoms with Gasteiger partial charge in [0.1, 0.15) is 4.91 Å². The van der Waals surface area contributed by atoms with Crippen LogP contribution in [0, 0.1) is 0 Å². The highest BCUT2D eigenvalue weighted by atomic mass is 35.5. The molecule has 0 bridgehead atoms. The summed E-state index contributed by atoms with van der Waals surface area (Å²) < 4.78 is 0. The summed E-state index contributed by atoms with van der Waals surface area (Å²) in [6.07, 6.45) is 4.04. The molecule has 6 heteroatoms. The van der Waals surface area contributed by atoms with Crippen LogP contribution in [0.15, 0.2) is 70.2 Å². The van der Waals surface area contributed by atoms with Crippen molar-refractivity contribution in [2.75, 3.05) is 18.5 Å². The van der Waals surface area contributed by atoms with Crippen molar-refractivity contribution in [1.82, 2.24) is 4.90 Å². The zero-order valence-corrected chi connectivity index (χ0v) is 16.6. The number of hydrogen-bond donors (Lipinski definition) is 0.